The number of nitrogens with two attached hydrogens (primary N) is 3. The van der Waals surface area contributed by atoms with Gasteiger partial charge in [-0.3, -0.25) is 0 Å². The Hall–Kier alpha value is -8.56. The highest BCUT2D eigenvalue weighted by molar-refractivity contribution is 5.89. The Morgan fingerprint density at radius 1 is 0.553 bits per heavy atom. The Labute approximate surface area is 490 Å². The van der Waals surface area contributed by atoms with Crippen molar-refractivity contribution >= 4 is 68.7 Å². The van der Waals surface area contributed by atoms with Crippen LogP contribution in [0.1, 0.15) is 104 Å². The monoisotopic (exact) mass is 1150 g/mol. The Kier molecular flexibility index (Phi) is 13.0. The van der Waals surface area contributed by atoms with Crippen LogP contribution >= 0.6 is 0 Å². The average molecular weight is 1150 g/mol. The molecule has 2 bridgehead atoms. The summed E-state index contributed by atoms with van der Waals surface area (Å²) in [5, 5.41) is 0. The summed E-state index contributed by atoms with van der Waals surface area (Å²) in [7, 11) is 3.65. The minimum atomic E-state index is -0.463. The number of nitrogen functional groups attached to an aromatic ring is 3. The van der Waals surface area contributed by atoms with E-state index in [0.29, 0.717) is 67.0 Å². The van der Waals surface area contributed by atoms with Crippen LogP contribution in [0.5, 0.6) is 5.75 Å². The molecule has 2 aliphatic carbocycles. The quantitative estimate of drug-likeness (QED) is 0.153. The maximum Gasteiger partial charge on any atom is 0.219 e. The number of aromatic nitrogens is 17. The fourth-order valence-corrected chi connectivity index (χ4v) is 12.7. The van der Waals surface area contributed by atoms with Crippen LogP contribution in [0.15, 0.2) is 37.1 Å². The van der Waals surface area contributed by atoms with Crippen molar-refractivity contribution < 1.29 is 18.9 Å². The van der Waals surface area contributed by atoms with Crippen molar-refractivity contribution in [1.82, 2.24) is 83.5 Å². The van der Waals surface area contributed by atoms with Gasteiger partial charge >= 0.3 is 0 Å². The molecule has 0 unspecified atom stereocenters. The third-order valence-corrected chi connectivity index (χ3v) is 17.5. The smallest absolute Gasteiger partial charge is 0.219 e. The molecule has 2 saturated carbocycles. The number of fused-ring (bicyclic) bond motifs is 10. The molecule has 0 radical (unpaired) electrons. The lowest BCUT2D eigenvalue weighted by atomic mass is 9.86. The van der Waals surface area contributed by atoms with Crippen LogP contribution in [-0.4, -0.2) is 149 Å². The van der Waals surface area contributed by atoms with Gasteiger partial charge in [0, 0.05) is 94.4 Å². The topological polar surface area (TPSA) is 320 Å². The van der Waals surface area contributed by atoms with Crippen LogP contribution in [-0.2, 0) is 50.6 Å². The van der Waals surface area contributed by atoms with Crippen molar-refractivity contribution in [3.63, 3.8) is 0 Å². The molecule has 27 heteroatoms. The minimum absolute atomic E-state index is 0.232. The fraction of sp³-hybridized carbons (Fsp3) is 0.517. The maximum absolute atomic E-state index is 5.99. The number of hydrogen-bond donors (Lipinski definition) is 3. The van der Waals surface area contributed by atoms with Crippen LogP contribution in [0.25, 0.3) is 67.7 Å². The summed E-state index contributed by atoms with van der Waals surface area (Å²) in [5.41, 5.74) is 23.1. The molecular formula is C58H71N23O4. The van der Waals surface area contributed by atoms with Crippen LogP contribution in [0.3, 0.4) is 0 Å². The molecule has 1 atom stereocenters. The van der Waals surface area contributed by atoms with Gasteiger partial charge in [0.05, 0.1) is 38.1 Å². The zero-order valence-corrected chi connectivity index (χ0v) is 49.5. The normalized spacial score (nSPS) is 21.4. The summed E-state index contributed by atoms with van der Waals surface area (Å²) in [6.45, 7) is 20.6. The van der Waals surface area contributed by atoms with Gasteiger partial charge < -0.3 is 64.5 Å². The van der Waals surface area contributed by atoms with E-state index in [9.17, 15) is 0 Å². The van der Waals surface area contributed by atoms with Crippen molar-refractivity contribution in [1.29, 1.82) is 0 Å². The van der Waals surface area contributed by atoms with Gasteiger partial charge in [-0.1, -0.05) is 0 Å². The number of nitrogens with zero attached hydrogens (tertiary/aromatic N) is 20. The number of imidazole rings is 3. The fourth-order valence-electron chi connectivity index (χ4n) is 12.7. The van der Waals surface area contributed by atoms with E-state index in [-0.39, 0.29) is 11.9 Å². The Morgan fingerprint density at radius 2 is 1.01 bits per heavy atom. The maximum atomic E-state index is 5.99. The predicted molar refractivity (Wildman–Crippen MR) is 319 cm³/mol. The molecular weight excluding hydrogens is 1080 g/mol. The van der Waals surface area contributed by atoms with Gasteiger partial charge in [0.25, 0.3) is 0 Å². The van der Waals surface area contributed by atoms with Crippen LogP contribution < -0.4 is 36.6 Å². The average Bonchev–Trinajstić information content (AvgIpc) is 1.77. The van der Waals surface area contributed by atoms with E-state index in [0.717, 1.165) is 137 Å². The van der Waals surface area contributed by atoms with Gasteiger partial charge in [0.15, 0.2) is 80.0 Å². The molecule has 0 aromatic carbocycles. The van der Waals surface area contributed by atoms with Crippen molar-refractivity contribution in [3.8, 4) is 39.9 Å². The van der Waals surface area contributed by atoms with Crippen molar-refractivity contribution in [2.45, 2.75) is 142 Å². The van der Waals surface area contributed by atoms with Crippen molar-refractivity contribution in [3.05, 3.63) is 54.5 Å². The van der Waals surface area contributed by atoms with Gasteiger partial charge in [-0.15, -0.1) is 0 Å². The SMILES string of the molecule is CN(c1nc(-c2cnc(N)nc2)nc2c1nc1n2CCOC1(C)C)C1CC1.COc1cc(-c2nc(N3CC4CC3C4)c3nc4n(c3n2)CCOC4(C)C)cnc1N.C[C@@H]1CCCN1c1nc(-c2cnc(N)nc2)nc2c1nc1n2CCOC1(C)C. The molecule has 27 nitrogen and oxygen atoms in total. The predicted octanol–water partition coefficient (Wildman–Crippen LogP) is 6.19. The molecule has 0 spiro atoms. The summed E-state index contributed by atoms with van der Waals surface area (Å²) in [4.78, 5) is 71.8. The standard InChI is InChI=1S/C21H25N7O2.C19H24N8O.C18H22N8O/c1-21(2)20-24-15-18(27(20)4-5-30-21)25-17(12-8-14(29-3)16(22)23-9-12)26-19(15)28-10-11-6-13(28)7-11;1-11-5-4-6-26(11)15-13-16(27-7-8-28-19(2,3)17(27)23-13)25-14(24-15)12-9-21-18(20)22-10-12;1-18(2)16-22-12-14(25(3)11-4-5-11)23-13(10-8-20-17(19)21-9-10)24-15(12)26(16)6-7-27-18/h8-9,11,13H,4-7,10H2,1-3H3,(H2,22,23);9-11H,4-8H2,1-3H3,(H2,20,21,22);8-9,11H,4-7H2,1-3H3,(H2,19,20,21)/t;11-;/m.1./s1. The van der Waals surface area contributed by atoms with Crippen LogP contribution in [0, 0.1) is 5.92 Å². The molecule has 17 rings (SSSR count). The first-order valence-corrected chi connectivity index (χ1v) is 29.3. The molecule has 5 fully saturated rings. The van der Waals surface area contributed by atoms with Gasteiger partial charge in [0.1, 0.15) is 34.3 Å². The first kappa shape index (κ1) is 54.4. The van der Waals surface area contributed by atoms with Crippen LogP contribution in [0.4, 0.5) is 35.2 Å². The molecule has 85 heavy (non-hydrogen) atoms. The summed E-state index contributed by atoms with van der Waals surface area (Å²) in [5.74, 6) is 9.18. The molecule has 9 aromatic rings. The lowest BCUT2D eigenvalue weighted by Crippen LogP contribution is -2.33. The van der Waals surface area contributed by atoms with Crippen LogP contribution in [0.2, 0.25) is 0 Å². The van der Waals surface area contributed by atoms with E-state index in [1.807, 2.05) is 33.8 Å². The first-order valence-electron chi connectivity index (χ1n) is 29.3. The van der Waals surface area contributed by atoms with E-state index >= 15 is 0 Å². The third-order valence-electron chi connectivity index (χ3n) is 17.5. The molecule has 3 saturated heterocycles. The van der Waals surface area contributed by atoms with E-state index in [4.69, 9.17) is 81.0 Å². The second kappa shape index (κ2) is 20.3. The second-order valence-electron chi connectivity index (χ2n) is 24.6. The highest BCUT2D eigenvalue weighted by Gasteiger charge is 2.45. The summed E-state index contributed by atoms with van der Waals surface area (Å²) in [6, 6.07) is 3.30. The lowest BCUT2D eigenvalue weighted by Gasteiger charge is -2.30. The van der Waals surface area contributed by atoms with E-state index < -0.39 is 16.8 Å². The van der Waals surface area contributed by atoms with Crippen molar-refractivity contribution in [2.24, 2.45) is 5.92 Å². The lowest BCUT2D eigenvalue weighted by molar-refractivity contribution is -0.0532. The Morgan fingerprint density at radius 3 is 1.47 bits per heavy atom. The van der Waals surface area contributed by atoms with Gasteiger partial charge in [-0.25, -0.2) is 69.8 Å². The summed E-state index contributed by atoms with van der Waals surface area (Å²) >= 11 is 0. The number of ether oxygens (including phenoxy) is 4. The zero-order valence-electron chi connectivity index (χ0n) is 49.5. The number of rotatable bonds is 8. The summed E-state index contributed by atoms with van der Waals surface area (Å²) in [6.07, 6.45) is 15.5. The number of anilines is 6. The number of hydrogen-bond acceptors (Lipinski definition) is 24. The molecule has 442 valence electrons. The molecule has 9 aromatic heterocycles. The number of methoxy groups -OCH3 is 1. The molecule has 6 N–H and O–H groups in total. The molecule has 6 aliphatic heterocycles. The van der Waals surface area contributed by atoms with Crippen molar-refractivity contribution in [2.75, 3.05) is 79.0 Å². The van der Waals surface area contributed by atoms with E-state index in [1.165, 1.54) is 25.7 Å². The Bertz CT molecular complexity index is 4050. The molecule has 0 amide bonds. The Balaban J connectivity index is 0.000000113. The first-order chi connectivity index (χ1) is 40.8. The third kappa shape index (κ3) is 9.55. The zero-order chi connectivity index (χ0) is 58.8. The summed E-state index contributed by atoms with van der Waals surface area (Å²) < 4.78 is 29.7. The van der Waals surface area contributed by atoms with E-state index in [2.05, 4.69) is 81.1 Å². The van der Waals surface area contributed by atoms with Gasteiger partial charge in [-0.2, -0.15) is 0 Å². The van der Waals surface area contributed by atoms with Gasteiger partial charge in [0.2, 0.25) is 11.9 Å². The second-order valence-corrected chi connectivity index (χ2v) is 24.6. The van der Waals surface area contributed by atoms with Gasteiger partial charge in [-0.05, 0) is 99.0 Å². The highest BCUT2D eigenvalue weighted by Crippen LogP contribution is 2.46. The van der Waals surface area contributed by atoms with E-state index in [1.54, 1.807) is 38.1 Å². The molecule has 15 heterocycles. The minimum Gasteiger partial charge on any atom is -0.493 e. The molecule has 8 aliphatic rings. The highest BCUT2D eigenvalue weighted by atomic mass is 16.5. The largest absolute Gasteiger partial charge is 0.493 e. The number of pyridine rings is 1.